The first-order chi connectivity index (χ1) is 16.8. The van der Waals surface area contributed by atoms with Gasteiger partial charge in [-0.05, 0) is 62.1 Å². The lowest BCUT2D eigenvalue weighted by atomic mass is 10.1. The van der Waals surface area contributed by atoms with Crippen molar-refractivity contribution >= 4 is 9.84 Å². The number of allylic oxidation sites excluding steroid dienone is 2. The predicted molar refractivity (Wildman–Crippen MR) is 137 cm³/mol. The maximum atomic E-state index is 11.9. The van der Waals surface area contributed by atoms with E-state index >= 15 is 0 Å². The van der Waals surface area contributed by atoms with Crippen LogP contribution in [0.2, 0.25) is 0 Å². The molecule has 184 valence electrons. The zero-order valence-corrected chi connectivity index (χ0v) is 21.3. The van der Waals surface area contributed by atoms with Crippen LogP contribution in [0.15, 0.2) is 72.0 Å². The molecular weight excluding hydrogens is 460 g/mol. The van der Waals surface area contributed by atoms with Crippen LogP contribution in [0.1, 0.15) is 49.9 Å². The molecule has 8 heteroatoms. The van der Waals surface area contributed by atoms with Crippen LogP contribution in [0.4, 0.5) is 0 Å². The van der Waals surface area contributed by atoms with Gasteiger partial charge in [0.15, 0.2) is 9.84 Å². The number of hydrogen-bond acceptors (Lipinski definition) is 6. The predicted octanol–water partition coefficient (Wildman–Crippen LogP) is 5.22. The minimum Gasteiger partial charge on any atom is -0.456 e. The maximum Gasteiger partial charge on any atom is 0.175 e. The van der Waals surface area contributed by atoms with Gasteiger partial charge in [-0.1, -0.05) is 31.2 Å². The molecule has 2 aromatic carbocycles. The lowest BCUT2D eigenvalue weighted by Crippen LogP contribution is -2.28. The highest BCUT2D eigenvalue weighted by Gasteiger charge is 2.12. The molecule has 3 aromatic rings. The highest BCUT2D eigenvalue weighted by molar-refractivity contribution is 7.90. The molecular formula is C27H32N4O3S. The third-order valence-electron chi connectivity index (χ3n) is 5.76. The molecule has 1 heterocycles. The summed E-state index contributed by atoms with van der Waals surface area (Å²) < 4.78 is 31.8. The number of benzene rings is 2. The number of imidazole rings is 1. The quantitative estimate of drug-likeness (QED) is 0.348. The summed E-state index contributed by atoms with van der Waals surface area (Å²) in [5.41, 5.74) is 2.39. The van der Waals surface area contributed by atoms with Crippen LogP contribution < -0.4 is 10.1 Å². The number of nitriles is 1. The summed E-state index contributed by atoms with van der Waals surface area (Å²) in [6, 6.07) is 14.3. The second-order valence-electron chi connectivity index (χ2n) is 8.44. The van der Waals surface area contributed by atoms with E-state index in [2.05, 4.69) is 40.0 Å². The molecule has 0 unspecified atom stereocenters. The molecule has 1 atom stereocenters. The average Bonchev–Trinajstić information content (AvgIpc) is 3.28. The van der Waals surface area contributed by atoms with E-state index < -0.39 is 9.84 Å². The van der Waals surface area contributed by atoms with Crippen LogP contribution >= 0.6 is 0 Å². The minimum atomic E-state index is -3.37. The summed E-state index contributed by atoms with van der Waals surface area (Å²) in [7, 11) is -3.37. The Hall–Kier alpha value is -3.41. The summed E-state index contributed by atoms with van der Waals surface area (Å²) in [6.45, 7) is 5.51. The van der Waals surface area contributed by atoms with Crippen molar-refractivity contribution in [2.75, 3.05) is 6.26 Å². The molecule has 1 N–H and O–H groups in total. The van der Waals surface area contributed by atoms with E-state index in [0.717, 1.165) is 36.8 Å². The second-order valence-corrected chi connectivity index (χ2v) is 10.5. The average molecular weight is 493 g/mol. The fourth-order valence-corrected chi connectivity index (χ4v) is 4.39. The summed E-state index contributed by atoms with van der Waals surface area (Å²) in [5.74, 6) is 0.739. The first kappa shape index (κ1) is 26.2. The Labute approximate surface area is 208 Å². The van der Waals surface area contributed by atoms with E-state index in [1.165, 1.54) is 12.1 Å². The smallest absolute Gasteiger partial charge is 0.175 e. The van der Waals surface area contributed by atoms with Crippen molar-refractivity contribution in [2.45, 2.75) is 57.1 Å². The minimum absolute atomic E-state index is 0.163. The van der Waals surface area contributed by atoms with Crippen LogP contribution in [0.25, 0.3) is 0 Å². The number of sulfone groups is 1. The van der Waals surface area contributed by atoms with Crippen molar-refractivity contribution in [1.82, 2.24) is 14.9 Å². The lowest BCUT2D eigenvalue weighted by Gasteiger charge is -2.17. The molecule has 0 spiro atoms. The molecule has 0 amide bonds. The van der Waals surface area contributed by atoms with E-state index in [1.54, 1.807) is 24.5 Å². The largest absolute Gasteiger partial charge is 0.456 e. The number of ether oxygens (including phenoxy) is 1. The van der Waals surface area contributed by atoms with Gasteiger partial charge in [0.25, 0.3) is 0 Å². The van der Waals surface area contributed by atoms with Gasteiger partial charge in [0, 0.05) is 31.6 Å². The molecule has 7 nitrogen and oxygen atoms in total. The molecule has 3 rings (SSSR count). The Bertz CT molecular complexity index is 1310. The van der Waals surface area contributed by atoms with Gasteiger partial charge >= 0.3 is 0 Å². The van der Waals surface area contributed by atoms with Crippen molar-refractivity contribution in [3.8, 4) is 17.6 Å². The van der Waals surface area contributed by atoms with Crippen LogP contribution in [-0.4, -0.2) is 30.3 Å². The van der Waals surface area contributed by atoms with Gasteiger partial charge < -0.3 is 14.6 Å². The second kappa shape index (κ2) is 12.3. The SMILES string of the molecule is C/C=C\CC[C@@H](CC)NCc1cncn1Cc1ccc(C#N)c(Oc2cccc(S(C)(=O)=O)c2)c1. The zero-order valence-electron chi connectivity index (χ0n) is 20.4. The van der Waals surface area contributed by atoms with E-state index in [-0.39, 0.29) is 4.90 Å². The van der Waals surface area contributed by atoms with Gasteiger partial charge in [0.1, 0.15) is 17.6 Å². The van der Waals surface area contributed by atoms with Gasteiger partial charge in [-0.25, -0.2) is 13.4 Å². The van der Waals surface area contributed by atoms with Gasteiger partial charge in [0.2, 0.25) is 0 Å². The topological polar surface area (TPSA) is 97.0 Å². The standard InChI is InChI=1S/C27H32N4O3S/c1-4-6-7-9-23(5-2)30-18-24-17-29-20-31(24)19-21-12-13-22(16-28)27(14-21)34-25-10-8-11-26(15-25)35(3,32)33/h4,6,8,10-15,17,20,23,30H,5,7,9,18-19H2,1-3H3/b6-4-/t23-/m1/s1. The van der Waals surface area contributed by atoms with E-state index in [0.29, 0.717) is 36.2 Å². The van der Waals surface area contributed by atoms with E-state index in [4.69, 9.17) is 4.74 Å². The summed E-state index contributed by atoms with van der Waals surface area (Å²) >= 11 is 0. The Balaban J connectivity index is 1.74. The van der Waals surface area contributed by atoms with Crippen LogP contribution in [-0.2, 0) is 22.9 Å². The van der Waals surface area contributed by atoms with Crippen molar-refractivity contribution in [3.05, 3.63) is 84.0 Å². The number of nitrogens with one attached hydrogen (secondary N) is 1. The summed E-state index contributed by atoms with van der Waals surface area (Å²) in [4.78, 5) is 4.49. The lowest BCUT2D eigenvalue weighted by molar-refractivity contribution is 0.461. The normalized spacial score (nSPS) is 12.5. The fourth-order valence-electron chi connectivity index (χ4n) is 3.74. The summed E-state index contributed by atoms with van der Waals surface area (Å²) in [6.07, 6.45) is 12.3. The van der Waals surface area contributed by atoms with Gasteiger partial charge in [-0.3, -0.25) is 0 Å². The van der Waals surface area contributed by atoms with Crippen LogP contribution in [0.3, 0.4) is 0 Å². The first-order valence-electron chi connectivity index (χ1n) is 11.7. The number of rotatable bonds is 12. The van der Waals surface area contributed by atoms with Crippen LogP contribution in [0.5, 0.6) is 11.5 Å². The monoisotopic (exact) mass is 492 g/mol. The third kappa shape index (κ3) is 7.54. The Kier molecular flexibility index (Phi) is 9.24. The highest BCUT2D eigenvalue weighted by atomic mass is 32.2. The molecule has 0 aliphatic heterocycles. The highest BCUT2D eigenvalue weighted by Crippen LogP contribution is 2.28. The van der Waals surface area contributed by atoms with Gasteiger partial charge in [0.05, 0.1) is 22.5 Å². The Morgan fingerprint density at radius 2 is 2.09 bits per heavy atom. The zero-order chi connectivity index (χ0) is 25.3. The van der Waals surface area contributed by atoms with E-state index in [1.807, 2.05) is 25.3 Å². The van der Waals surface area contributed by atoms with Crippen molar-refractivity contribution < 1.29 is 13.2 Å². The van der Waals surface area contributed by atoms with Crippen LogP contribution in [0, 0.1) is 11.3 Å². The fraction of sp³-hybridized carbons (Fsp3) is 0.333. The maximum absolute atomic E-state index is 11.9. The van der Waals surface area contributed by atoms with Crippen molar-refractivity contribution in [3.63, 3.8) is 0 Å². The summed E-state index contributed by atoms with van der Waals surface area (Å²) in [5, 5.41) is 13.2. The molecule has 0 aliphatic rings. The van der Waals surface area contributed by atoms with Crippen molar-refractivity contribution in [1.29, 1.82) is 5.26 Å². The number of aromatic nitrogens is 2. The molecule has 0 bridgehead atoms. The van der Waals surface area contributed by atoms with Crippen molar-refractivity contribution in [2.24, 2.45) is 0 Å². The molecule has 0 aliphatic carbocycles. The number of hydrogen-bond donors (Lipinski definition) is 1. The first-order valence-corrected chi connectivity index (χ1v) is 13.6. The number of nitrogens with zero attached hydrogens (tertiary/aromatic N) is 3. The molecule has 0 saturated carbocycles. The molecule has 1 aromatic heterocycles. The molecule has 35 heavy (non-hydrogen) atoms. The Morgan fingerprint density at radius 3 is 2.80 bits per heavy atom. The van der Waals surface area contributed by atoms with Gasteiger partial charge in [-0.2, -0.15) is 5.26 Å². The molecule has 0 saturated heterocycles. The molecule has 0 radical (unpaired) electrons. The van der Waals surface area contributed by atoms with E-state index in [9.17, 15) is 13.7 Å². The Morgan fingerprint density at radius 1 is 1.26 bits per heavy atom. The third-order valence-corrected chi connectivity index (χ3v) is 6.87. The van der Waals surface area contributed by atoms with Gasteiger partial charge in [-0.15, -0.1) is 0 Å². The molecule has 0 fully saturated rings.